The minimum absolute atomic E-state index is 0.0252. The van der Waals surface area contributed by atoms with Crippen LogP contribution in [0.4, 0.5) is 5.69 Å². The minimum atomic E-state index is -3.33. The number of hydrogen-bond donors (Lipinski definition) is 1. The highest BCUT2D eigenvalue weighted by Crippen LogP contribution is 2.12. The molecule has 0 saturated heterocycles. The van der Waals surface area contributed by atoms with Crippen molar-refractivity contribution in [3.05, 3.63) is 75.8 Å². The summed E-state index contributed by atoms with van der Waals surface area (Å²) in [5.74, 6) is 0.0390. The molecule has 0 aromatic heterocycles. The number of nitro benzene ring substituents is 1. The van der Waals surface area contributed by atoms with Crippen molar-refractivity contribution in [3.8, 4) is 0 Å². The largest absolute Gasteiger partial charge is 0.269 e. The molecule has 0 unspecified atom stereocenters. The Hall–Kier alpha value is -2.25. The summed E-state index contributed by atoms with van der Waals surface area (Å²) in [7, 11) is -3.33. The van der Waals surface area contributed by atoms with Crippen LogP contribution in [0.1, 0.15) is 11.1 Å². The van der Waals surface area contributed by atoms with Crippen LogP contribution in [-0.2, 0) is 22.9 Å². The molecule has 23 heavy (non-hydrogen) atoms. The lowest BCUT2D eigenvalue weighted by Gasteiger charge is -2.07. The van der Waals surface area contributed by atoms with Gasteiger partial charge in [-0.15, -0.1) is 0 Å². The van der Waals surface area contributed by atoms with Gasteiger partial charge in [0.05, 0.1) is 10.7 Å². The van der Waals surface area contributed by atoms with Crippen LogP contribution in [0.15, 0.2) is 54.6 Å². The Bertz CT molecular complexity index is 743. The molecule has 0 atom stereocenters. The fourth-order valence-electron chi connectivity index (χ4n) is 2.10. The summed E-state index contributed by atoms with van der Waals surface area (Å²) in [4.78, 5) is 10.1. The number of hydrogen-bond acceptors (Lipinski definition) is 4. The Morgan fingerprint density at radius 3 is 2.13 bits per heavy atom. The maximum atomic E-state index is 11.9. The molecule has 7 heteroatoms. The van der Waals surface area contributed by atoms with Gasteiger partial charge in [0.1, 0.15) is 0 Å². The van der Waals surface area contributed by atoms with Gasteiger partial charge in [-0.05, 0) is 24.0 Å². The average Bonchev–Trinajstić information content (AvgIpc) is 2.54. The van der Waals surface area contributed by atoms with Crippen LogP contribution >= 0.6 is 0 Å². The Kier molecular flexibility index (Phi) is 5.84. The summed E-state index contributed by atoms with van der Waals surface area (Å²) in [5, 5.41) is 10.6. The van der Waals surface area contributed by atoms with Gasteiger partial charge in [0.15, 0.2) is 0 Å². The zero-order chi connectivity index (χ0) is 16.7. The van der Waals surface area contributed by atoms with Crippen LogP contribution < -0.4 is 4.72 Å². The number of nitrogens with zero attached hydrogens (tertiary/aromatic N) is 1. The van der Waals surface area contributed by atoms with Gasteiger partial charge in [0.2, 0.25) is 10.0 Å². The molecule has 0 heterocycles. The molecular formula is C16H18N2O4S. The predicted octanol–water partition coefficient (Wildman–Crippen LogP) is 2.30. The SMILES string of the molecule is O=[N+]([O-])c1ccc(CCNS(=O)(=O)CCc2ccccc2)cc1. The Balaban J connectivity index is 1.79. The number of rotatable bonds is 8. The highest BCUT2D eigenvalue weighted by atomic mass is 32.2. The zero-order valence-electron chi connectivity index (χ0n) is 12.5. The second kappa shape index (κ2) is 7.85. The lowest BCUT2D eigenvalue weighted by atomic mass is 10.1. The minimum Gasteiger partial charge on any atom is -0.258 e. The van der Waals surface area contributed by atoms with E-state index in [2.05, 4.69) is 4.72 Å². The van der Waals surface area contributed by atoms with Gasteiger partial charge in [-0.25, -0.2) is 13.1 Å². The first-order chi connectivity index (χ1) is 11.0. The summed E-state index contributed by atoms with van der Waals surface area (Å²) < 4.78 is 26.4. The van der Waals surface area contributed by atoms with Crippen molar-refractivity contribution < 1.29 is 13.3 Å². The zero-order valence-corrected chi connectivity index (χ0v) is 13.3. The quantitative estimate of drug-likeness (QED) is 0.592. The lowest BCUT2D eigenvalue weighted by Crippen LogP contribution is -2.29. The summed E-state index contributed by atoms with van der Waals surface area (Å²) >= 11 is 0. The Morgan fingerprint density at radius 2 is 1.52 bits per heavy atom. The van der Waals surface area contributed by atoms with E-state index in [9.17, 15) is 18.5 Å². The van der Waals surface area contributed by atoms with Crippen molar-refractivity contribution in [2.45, 2.75) is 12.8 Å². The number of nitrogens with one attached hydrogen (secondary N) is 1. The van der Waals surface area contributed by atoms with Gasteiger partial charge in [-0.2, -0.15) is 0 Å². The van der Waals surface area contributed by atoms with E-state index in [4.69, 9.17) is 0 Å². The molecule has 0 saturated carbocycles. The van der Waals surface area contributed by atoms with Crippen molar-refractivity contribution in [3.63, 3.8) is 0 Å². The molecule has 2 aromatic carbocycles. The molecule has 2 rings (SSSR count). The van der Waals surface area contributed by atoms with E-state index in [0.29, 0.717) is 12.8 Å². The van der Waals surface area contributed by atoms with Crippen molar-refractivity contribution >= 4 is 15.7 Å². The van der Waals surface area contributed by atoms with E-state index in [1.54, 1.807) is 12.1 Å². The third-order valence-corrected chi connectivity index (χ3v) is 4.77. The first kappa shape index (κ1) is 17.1. The molecule has 2 aromatic rings. The predicted molar refractivity (Wildman–Crippen MR) is 88.7 cm³/mol. The Labute approximate surface area is 135 Å². The number of sulfonamides is 1. The smallest absolute Gasteiger partial charge is 0.258 e. The number of aryl methyl sites for hydroxylation is 1. The molecule has 0 fully saturated rings. The summed E-state index contributed by atoms with van der Waals surface area (Å²) in [5.41, 5.74) is 1.85. The lowest BCUT2D eigenvalue weighted by molar-refractivity contribution is -0.384. The van der Waals surface area contributed by atoms with Gasteiger partial charge >= 0.3 is 0 Å². The fourth-order valence-corrected chi connectivity index (χ4v) is 3.17. The molecule has 0 aliphatic carbocycles. The molecule has 6 nitrogen and oxygen atoms in total. The number of benzene rings is 2. The molecule has 0 amide bonds. The second-order valence-corrected chi connectivity index (χ2v) is 7.05. The van der Waals surface area contributed by atoms with Crippen LogP contribution in [-0.4, -0.2) is 25.6 Å². The van der Waals surface area contributed by atoms with Crippen LogP contribution in [0.25, 0.3) is 0 Å². The Morgan fingerprint density at radius 1 is 0.913 bits per heavy atom. The van der Waals surface area contributed by atoms with Gasteiger partial charge in [-0.3, -0.25) is 10.1 Å². The number of non-ortho nitro benzene ring substituents is 1. The first-order valence-corrected chi connectivity index (χ1v) is 8.86. The topological polar surface area (TPSA) is 89.3 Å². The molecule has 0 radical (unpaired) electrons. The maximum absolute atomic E-state index is 11.9. The first-order valence-electron chi connectivity index (χ1n) is 7.21. The van der Waals surface area contributed by atoms with Crippen molar-refractivity contribution in [2.24, 2.45) is 0 Å². The third kappa shape index (κ3) is 5.80. The van der Waals surface area contributed by atoms with Gasteiger partial charge < -0.3 is 0 Å². The van der Waals surface area contributed by atoms with Crippen molar-refractivity contribution in [1.29, 1.82) is 0 Å². The molecule has 1 N–H and O–H groups in total. The van der Waals surface area contributed by atoms with Gasteiger partial charge in [-0.1, -0.05) is 42.5 Å². The van der Waals surface area contributed by atoms with Crippen LogP contribution in [0.2, 0.25) is 0 Å². The van der Waals surface area contributed by atoms with Crippen LogP contribution in [0.5, 0.6) is 0 Å². The van der Waals surface area contributed by atoms with E-state index >= 15 is 0 Å². The van der Waals surface area contributed by atoms with Gasteiger partial charge in [0, 0.05) is 18.7 Å². The monoisotopic (exact) mass is 334 g/mol. The van der Waals surface area contributed by atoms with Crippen molar-refractivity contribution in [1.82, 2.24) is 4.72 Å². The average molecular weight is 334 g/mol. The molecular weight excluding hydrogens is 316 g/mol. The standard InChI is InChI=1S/C16H18N2O4S/c19-18(20)16-8-6-15(7-9-16)10-12-17-23(21,22)13-11-14-4-2-1-3-5-14/h1-9,17H,10-13H2. The number of nitro groups is 1. The molecule has 0 bridgehead atoms. The van der Waals surface area contributed by atoms with E-state index < -0.39 is 14.9 Å². The summed E-state index contributed by atoms with van der Waals surface area (Å²) in [6.45, 7) is 0.273. The van der Waals surface area contributed by atoms with Gasteiger partial charge in [0.25, 0.3) is 5.69 Å². The van der Waals surface area contributed by atoms with Crippen molar-refractivity contribution in [2.75, 3.05) is 12.3 Å². The van der Waals surface area contributed by atoms with E-state index in [0.717, 1.165) is 11.1 Å². The normalized spacial score (nSPS) is 11.3. The summed E-state index contributed by atoms with van der Waals surface area (Å²) in [6.07, 6.45) is 0.955. The second-order valence-electron chi connectivity index (χ2n) is 5.12. The van der Waals surface area contributed by atoms with E-state index in [-0.39, 0.29) is 18.0 Å². The summed E-state index contributed by atoms with van der Waals surface area (Å²) in [6, 6.07) is 15.5. The molecule has 0 aliphatic rings. The fraction of sp³-hybridized carbons (Fsp3) is 0.250. The van der Waals surface area contributed by atoms with Crippen LogP contribution in [0.3, 0.4) is 0 Å². The van der Waals surface area contributed by atoms with E-state index in [1.165, 1.54) is 12.1 Å². The highest BCUT2D eigenvalue weighted by Gasteiger charge is 2.10. The maximum Gasteiger partial charge on any atom is 0.269 e. The molecule has 0 spiro atoms. The van der Waals surface area contributed by atoms with Crippen LogP contribution in [0, 0.1) is 10.1 Å². The molecule has 0 aliphatic heterocycles. The molecule has 122 valence electrons. The van der Waals surface area contributed by atoms with E-state index in [1.807, 2.05) is 30.3 Å². The highest BCUT2D eigenvalue weighted by molar-refractivity contribution is 7.89. The third-order valence-electron chi connectivity index (χ3n) is 3.39.